The zero-order valence-corrected chi connectivity index (χ0v) is 10.9. The first-order valence-corrected chi connectivity index (χ1v) is 6.16. The quantitative estimate of drug-likeness (QED) is 0.772. The Kier molecular flexibility index (Phi) is 4.18. The van der Waals surface area contributed by atoms with Crippen LogP contribution in [0.3, 0.4) is 0 Å². The minimum atomic E-state index is -4.34. The highest BCUT2D eigenvalue weighted by Crippen LogP contribution is 2.29. The number of aliphatic imine (C=N–C) groups is 1. The fourth-order valence-electron chi connectivity index (χ4n) is 1.71. The molecule has 2 N–H and O–H groups in total. The standard InChI is InChI=1S/C14H14F3N3/c1-10-9-19-13(20-10)18-7-3-5-11-4-2-6-12(8-11)14(15,16)17/h2,4,6,8,10H,7,9H2,1H3,(H2,18,19,20). The van der Waals surface area contributed by atoms with Crippen molar-refractivity contribution in [2.75, 3.05) is 13.1 Å². The summed E-state index contributed by atoms with van der Waals surface area (Å²) in [6.07, 6.45) is -4.34. The normalized spacial score (nSPS) is 17.8. The number of rotatable bonds is 1. The molecule has 3 nitrogen and oxygen atoms in total. The first-order chi connectivity index (χ1) is 9.45. The predicted molar refractivity (Wildman–Crippen MR) is 71.2 cm³/mol. The second kappa shape index (κ2) is 5.87. The monoisotopic (exact) mass is 281 g/mol. The number of hydrogen-bond donors (Lipinski definition) is 2. The van der Waals surface area contributed by atoms with E-state index in [2.05, 4.69) is 27.5 Å². The molecule has 0 amide bonds. The van der Waals surface area contributed by atoms with Gasteiger partial charge in [-0.2, -0.15) is 13.2 Å². The number of halogens is 3. The van der Waals surface area contributed by atoms with Gasteiger partial charge in [0.1, 0.15) is 0 Å². The Morgan fingerprint density at radius 1 is 1.45 bits per heavy atom. The average Bonchev–Trinajstić information content (AvgIpc) is 2.80. The molecule has 1 aliphatic heterocycles. The third-order valence-corrected chi connectivity index (χ3v) is 2.67. The molecule has 1 heterocycles. The maximum Gasteiger partial charge on any atom is 0.416 e. The molecule has 0 radical (unpaired) electrons. The number of hydrogen-bond acceptors (Lipinski definition) is 3. The van der Waals surface area contributed by atoms with Crippen LogP contribution in [0.2, 0.25) is 0 Å². The van der Waals surface area contributed by atoms with Crippen LogP contribution in [-0.4, -0.2) is 25.1 Å². The summed E-state index contributed by atoms with van der Waals surface area (Å²) in [5, 5.41) is 6.07. The number of guanidine groups is 1. The second-order valence-electron chi connectivity index (χ2n) is 4.47. The molecule has 0 fully saturated rings. The molecule has 106 valence electrons. The average molecular weight is 281 g/mol. The van der Waals surface area contributed by atoms with Crippen LogP contribution >= 0.6 is 0 Å². The molecule has 0 saturated heterocycles. The van der Waals surface area contributed by atoms with Crippen molar-refractivity contribution in [2.24, 2.45) is 4.99 Å². The summed E-state index contributed by atoms with van der Waals surface area (Å²) >= 11 is 0. The largest absolute Gasteiger partial charge is 0.416 e. The van der Waals surface area contributed by atoms with Crippen molar-refractivity contribution in [3.63, 3.8) is 0 Å². The SMILES string of the molecule is CC1CN=C(NCC#Cc2cccc(C(F)(F)F)c2)N1. The van der Waals surface area contributed by atoms with Gasteiger partial charge >= 0.3 is 6.18 Å². The van der Waals surface area contributed by atoms with Gasteiger partial charge in [0.05, 0.1) is 18.7 Å². The van der Waals surface area contributed by atoms with Crippen molar-refractivity contribution in [1.82, 2.24) is 10.6 Å². The lowest BCUT2D eigenvalue weighted by molar-refractivity contribution is -0.137. The van der Waals surface area contributed by atoms with Gasteiger partial charge in [0.25, 0.3) is 0 Å². The Bertz CT molecular complexity index is 567. The first-order valence-electron chi connectivity index (χ1n) is 6.16. The molecular formula is C14H14F3N3. The maximum absolute atomic E-state index is 12.5. The molecule has 1 aliphatic rings. The van der Waals surface area contributed by atoms with Crippen molar-refractivity contribution >= 4 is 5.96 Å². The van der Waals surface area contributed by atoms with Gasteiger partial charge in [-0.15, -0.1) is 0 Å². The molecule has 6 heteroatoms. The minimum Gasteiger partial charge on any atom is -0.352 e. The number of nitrogens with one attached hydrogen (secondary N) is 2. The van der Waals surface area contributed by atoms with E-state index in [-0.39, 0.29) is 0 Å². The topological polar surface area (TPSA) is 36.4 Å². The maximum atomic E-state index is 12.5. The smallest absolute Gasteiger partial charge is 0.352 e. The Labute approximate surface area is 115 Å². The fourth-order valence-corrected chi connectivity index (χ4v) is 1.71. The summed E-state index contributed by atoms with van der Waals surface area (Å²) in [7, 11) is 0. The Hall–Kier alpha value is -2.16. The van der Waals surface area contributed by atoms with Gasteiger partial charge in [-0.1, -0.05) is 17.9 Å². The summed E-state index contributed by atoms with van der Waals surface area (Å²) in [4.78, 5) is 4.19. The molecule has 0 bridgehead atoms. The Balaban J connectivity index is 1.92. The molecule has 0 aliphatic carbocycles. The highest BCUT2D eigenvalue weighted by molar-refractivity contribution is 5.81. The van der Waals surface area contributed by atoms with Crippen LogP contribution in [-0.2, 0) is 6.18 Å². The summed E-state index contributed by atoms with van der Waals surface area (Å²) < 4.78 is 37.5. The number of benzene rings is 1. The first kappa shape index (κ1) is 14.3. The number of nitrogens with zero attached hydrogens (tertiary/aromatic N) is 1. The summed E-state index contributed by atoms with van der Waals surface area (Å²) in [5.74, 6) is 6.15. The van der Waals surface area contributed by atoms with Crippen molar-refractivity contribution in [2.45, 2.75) is 19.1 Å². The molecule has 0 spiro atoms. The second-order valence-corrected chi connectivity index (χ2v) is 4.47. The van der Waals surface area contributed by atoms with E-state index in [4.69, 9.17) is 0 Å². The van der Waals surface area contributed by atoms with Crippen LogP contribution in [0.1, 0.15) is 18.1 Å². The van der Waals surface area contributed by atoms with E-state index in [1.165, 1.54) is 6.07 Å². The lowest BCUT2D eigenvalue weighted by Crippen LogP contribution is -2.37. The summed E-state index contributed by atoms with van der Waals surface area (Å²) in [5.41, 5.74) is -0.343. The zero-order valence-electron chi connectivity index (χ0n) is 10.9. The molecular weight excluding hydrogens is 267 g/mol. The van der Waals surface area contributed by atoms with E-state index in [0.717, 1.165) is 12.1 Å². The molecule has 0 saturated carbocycles. The van der Waals surface area contributed by atoms with Gasteiger partial charge in [0.2, 0.25) is 0 Å². The van der Waals surface area contributed by atoms with Gasteiger partial charge in [-0.25, -0.2) is 0 Å². The summed E-state index contributed by atoms with van der Waals surface area (Å²) in [6.45, 7) is 3.05. The zero-order chi connectivity index (χ0) is 14.6. The third kappa shape index (κ3) is 3.92. The lowest BCUT2D eigenvalue weighted by atomic mass is 10.1. The van der Waals surface area contributed by atoms with Crippen LogP contribution in [0.4, 0.5) is 13.2 Å². The van der Waals surface area contributed by atoms with Gasteiger partial charge in [0.15, 0.2) is 5.96 Å². The van der Waals surface area contributed by atoms with E-state index in [1.54, 1.807) is 6.07 Å². The van der Waals surface area contributed by atoms with Crippen LogP contribution < -0.4 is 10.6 Å². The van der Waals surface area contributed by atoms with Crippen molar-refractivity contribution in [3.8, 4) is 11.8 Å². The Morgan fingerprint density at radius 2 is 2.25 bits per heavy atom. The van der Waals surface area contributed by atoms with E-state index in [9.17, 15) is 13.2 Å². The van der Waals surface area contributed by atoms with Crippen LogP contribution in [0.5, 0.6) is 0 Å². The van der Waals surface area contributed by atoms with Crippen molar-refractivity contribution in [1.29, 1.82) is 0 Å². The van der Waals surface area contributed by atoms with Crippen molar-refractivity contribution in [3.05, 3.63) is 35.4 Å². The van der Waals surface area contributed by atoms with Crippen LogP contribution in [0.25, 0.3) is 0 Å². The predicted octanol–water partition coefficient (Wildman–Crippen LogP) is 1.99. The third-order valence-electron chi connectivity index (χ3n) is 2.67. The van der Waals surface area contributed by atoms with Gasteiger partial charge in [0, 0.05) is 11.6 Å². The fraction of sp³-hybridized carbons (Fsp3) is 0.357. The molecule has 1 atom stereocenters. The van der Waals surface area contributed by atoms with E-state index in [1.807, 2.05) is 6.92 Å². The summed E-state index contributed by atoms with van der Waals surface area (Å²) in [6, 6.07) is 5.27. The van der Waals surface area contributed by atoms with Crippen molar-refractivity contribution < 1.29 is 13.2 Å². The van der Waals surface area contributed by atoms with Gasteiger partial charge < -0.3 is 10.6 Å². The highest BCUT2D eigenvalue weighted by atomic mass is 19.4. The molecule has 1 aromatic rings. The lowest BCUT2D eigenvalue weighted by Gasteiger charge is -2.06. The van der Waals surface area contributed by atoms with Crippen LogP contribution in [0.15, 0.2) is 29.3 Å². The number of alkyl halides is 3. The Morgan fingerprint density at radius 3 is 2.90 bits per heavy atom. The van der Waals surface area contributed by atoms with Gasteiger partial charge in [-0.3, -0.25) is 4.99 Å². The molecule has 2 rings (SSSR count). The highest BCUT2D eigenvalue weighted by Gasteiger charge is 2.30. The van der Waals surface area contributed by atoms with E-state index < -0.39 is 11.7 Å². The molecule has 1 unspecified atom stereocenters. The van der Waals surface area contributed by atoms with Crippen LogP contribution in [0, 0.1) is 11.8 Å². The van der Waals surface area contributed by atoms with Gasteiger partial charge in [-0.05, 0) is 25.1 Å². The molecule has 1 aromatic carbocycles. The molecule has 20 heavy (non-hydrogen) atoms. The van der Waals surface area contributed by atoms with E-state index in [0.29, 0.717) is 30.7 Å². The van der Waals surface area contributed by atoms with E-state index >= 15 is 0 Å². The molecule has 0 aromatic heterocycles. The minimum absolute atomic E-state index is 0.300.